The van der Waals surface area contributed by atoms with Crippen LogP contribution in [0.15, 0.2) is 55.4 Å². The van der Waals surface area contributed by atoms with E-state index in [0.717, 1.165) is 0 Å². The second-order valence-electron chi connectivity index (χ2n) is 7.03. The van der Waals surface area contributed by atoms with Crippen LogP contribution in [0.4, 0.5) is 5.69 Å². The molecule has 4 aromatic rings. The molecule has 3 aromatic heterocycles. The average molecular weight is 449 g/mol. The standard InChI is InChI=1S/C22H17ClN6O3/c1-12(30)28-18-4-2-3-17(23)20(18)13-5-14(7-25-6-13)21(32)16-9-29(10-19(24)31)22-15(16)8-26-11-27-22/h2-9,11H,10H2,1H3,(H2,24,31)(H,28,30). The molecule has 0 spiro atoms. The second kappa shape index (κ2) is 8.56. The van der Waals surface area contributed by atoms with Crippen LogP contribution in [0.3, 0.4) is 0 Å². The summed E-state index contributed by atoms with van der Waals surface area (Å²) in [5.74, 6) is -1.15. The third-order valence-electron chi connectivity index (χ3n) is 4.72. The molecule has 0 fully saturated rings. The van der Waals surface area contributed by atoms with Crippen molar-refractivity contribution in [3.63, 3.8) is 0 Å². The van der Waals surface area contributed by atoms with Gasteiger partial charge in [-0.2, -0.15) is 0 Å². The smallest absolute Gasteiger partial charge is 0.237 e. The van der Waals surface area contributed by atoms with Crippen LogP contribution in [-0.4, -0.2) is 37.1 Å². The first-order chi connectivity index (χ1) is 15.3. The van der Waals surface area contributed by atoms with Crippen molar-refractivity contribution < 1.29 is 14.4 Å². The highest BCUT2D eigenvalue weighted by molar-refractivity contribution is 6.34. The molecule has 0 aliphatic rings. The van der Waals surface area contributed by atoms with E-state index in [4.69, 9.17) is 17.3 Å². The van der Waals surface area contributed by atoms with Crippen molar-refractivity contribution in [1.29, 1.82) is 0 Å². The van der Waals surface area contributed by atoms with Crippen LogP contribution in [0.25, 0.3) is 22.2 Å². The summed E-state index contributed by atoms with van der Waals surface area (Å²) in [4.78, 5) is 48.7. The van der Waals surface area contributed by atoms with Gasteiger partial charge in [0, 0.05) is 53.8 Å². The summed E-state index contributed by atoms with van der Waals surface area (Å²) in [6.07, 6.45) is 7.35. The third-order valence-corrected chi connectivity index (χ3v) is 5.04. The first-order valence-electron chi connectivity index (χ1n) is 9.48. The fourth-order valence-corrected chi connectivity index (χ4v) is 3.75. The van der Waals surface area contributed by atoms with Gasteiger partial charge in [0.1, 0.15) is 18.5 Å². The van der Waals surface area contributed by atoms with E-state index in [1.54, 1.807) is 30.5 Å². The van der Waals surface area contributed by atoms with Crippen LogP contribution in [0.2, 0.25) is 5.02 Å². The first-order valence-corrected chi connectivity index (χ1v) is 9.86. The lowest BCUT2D eigenvalue weighted by Crippen LogP contribution is -2.18. The van der Waals surface area contributed by atoms with E-state index in [2.05, 4.69) is 20.3 Å². The minimum atomic E-state index is -0.563. The van der Waals surface area contributed by atoms with Gasteiger partial charge in [0.2, 0.25) is 11.8 Å². The Bertz CT molecular complexity index is 1380. The fourth-order valence-electron chi connectivity index (χ4n) is 3.47. The molecular weight excluding hydrogens is 432 g/mol. The number of benzene rings is 1. The zero-order valence-electron chi connectivity index (χ0n) is 16.9. The van der Waals surface area contributed by atoms with E-state index < -0.39 is 5.91 Å². The van der Waals surface area contributed by atoms with Crippen LogP contribution < -0.4 is 11.1 Å². The molecule has 0 saturated carbocycles. The molecule has 4 rings (SSSR count). The Balaban J connectivity index is 1.80. The molecule has 9 nitrogen and oxygen atoms in total. The zero-order valence-corrected chi connectivity index (χ0v) is 17.6. The molecule has 3 N–H and O–H groups in total. The highest BCUT2D eigenvalue weighted by Crippen LogP contribution is 2.35. The maximum Gasteiger partial charge on any atom is 0.237 e. The quantitative estimate of drug-likeness (QED) is 0.436. The molecule has 0 aliphatic heterocycles. The van der Waals surface area contributed by atoms with Crippen LogP contribution in [0, 0.1) is 0 Å². The summed E-state index contributed by atoms with van der Waals surface area (Å²) in [6, 6.07) is 6.76. The molecule has 2 amide bonds. The van der Waals surface area contributed by atoms with Gasteiger partial charge < -0.3 is 15.6 Å². The third kappa shape index (κ3) is 4.06. The molecule has 0 atom stereocenters. The van der Waals surface area contributed by atoms with Gasteiger partial charge in [0.15, 0.2) is 5.78 Å². The van der Waals surface area contributed by atoms with Gasteiger partial charge in [-0.15, -0.1) is 0 Å². The number of halogens is 1. The Morgan fingerprint density at radius 1 is 1.16 bits per heavy atom. The number of carbonyl (C=O) groups is 3. The van der Waals surface area contributed by atoms with Crippen molar-refractivity contribution in [2.75, 3.05) is 5.32 Å². The van der Waals surface area contributed by atoms with Crippen LogP contribution in [-0.2, 0) is 16.1 Å². The number of rotatable bonds is 6. The number of nitrogens with one attached hydrogen (secondary N) is 1. The maximum absolute atomic E-state index is 13.4. The van der Waals surface area contributed by atoms with Crippen molar-refractivity contribution in [2.24, 2.45) is 5.73 Å². The fraction of sp³-hybridized carbons (Fsp3) is 0.0909. The average Bonchev–Trinajstić information content (AvgIpc) is 3.11. The molecule has 0 bridgehead atoms. The molecule has 0 unspecified atom stereocenters. The number of hydrogen-bond acceptors (Lipinski definition) is 6. The van der Waals surface area contributed by atoms with Crippen molar-refractivity contribution >= 4 is 45.9 Å². The minimum absolute atomic E-state index is 0.126. The number of fused-ring (bicyclic) bond motifs is 1. The summed E-state index contributed by atoms with van der Waals surface area (Å²) in [6.45, 7) is 1.27. The van der Waals surface area contributed by atoms with Crippen molar-refractivity contribution in [3.05, 3.63) is 71.5 Å². The predicted molar refractivity (Wildman–Crippen MR) is 119 cm³/mol. The van der Waals surface area contributed by atoms with Gasteiger partial charge in [0.05, 0.1) is 16.3 Å². The lowest BCUT2D eigenvalue weighted by Gasteiger charge is -2.12. The first kappa shape index (κ1) is 21.1. The summed E-state index contributed by atoms with van der Waals surface area (Å²) < 4.78 is 1.51. The number of pyridine rings is 1. The van der Waals surface area contributed by atoms with Gasteiger partial charge in [-0.1, -0.05) is 17.7 Å². The molecule has 160 valence electrons. The van der Waals surface area contributed by atoms with E-state index >= 15 is 0 Å². The number of carbonyl (C=O) groups excluding carboxylic acids is 3. The number of primary amides is 1. The number of nitrogens with zero attached hydrogens (tertiary/aromatic N) is 4. The van der Waals surface area contributed by atoms with Gasteiger partial charge in [-0.05, 0) is 18.2 Å². The lowest BCUT2D eigenvalue weighted by molar-refractivity contribution is -0.118. The number of hydrogen-bond donors (Lipinski definition) is 2. The SMILES string of the molecule is CC(=O)Nc1cccc(Cl)c1-c1cncc(C(=O)c2cn(CC(N)=O)c3ncncc23)c1. The molecule has 32 heavy (non-hydrogen) atoms. The van der Waals surface area contributed by atoms with E-state index in [9.17, 15) is 14.4 Å². The normalized spacial score (nSPS) is 10.8. The Hall–Kier alpha value is -4.11. The zero-order chi connectivity index (χ0) is 22.8. The summed E-state index contributed by atoms with van der Waals surface area (Å²) in [7, 11) is 0. The molecule has 0 saturated heterocycles. The summed E-state index contributed by atoms with van der Waals surface area (Å²) >= 11 is 6.40. The van der Waals surface area contributed by atoms with E-state index in [0.29, 0.717) is 38.4 Å². The van der Waals surface area contributed by atoms with E-state index in [1.807, 2.05) is 0 Å². The topological polar surface area (TPSA) is 133 Å². The lowest BCUT2D eigenvalue weighted by atomic mass is 10.00. The number of ketones is 1. The van der Waals surface area contributed by atoms with Crippen LogP contribution >= 0.6 is 11.6 Å². The van der Waals surface area contributed by atoms with Crippen molar-refractivity contribution in [1.82, 2.24) is 19.5 Å². The van der Waals surface area contributed by atoms with Gasteiger partial charge >= 0.3 is 0 Å². The van der Waals surface area contributed by atoms with Gasteiger partial charge in [-0.3, -0.25) is 19.4 Å². The van der Waals surface area contributed by atoms with Crippen molar-refractivity contribution in [2.45, 2.75) is 13.5 Å². The highest BCUT2D eigenvalue weighted by Gasteiger charge is 2.20. The highest BCUT2D eigenvalue weighted by atomic mass is 35.5. The summed E-state index contributed by atoms with van der Waals surface area (Å²) in [5.41, 5.74) is 7.95. The van der Waals surface area contributed by atoms with Crippen molar-refractivity contribution in [3.8, 4) is 11.1 Å². The Morgan fingerprint density at radius 2 is 1.97 bits per heavy atom. The molecule has 3 heterocycles. The minimum Gasteiger partial charge on any atom is -0.368 e. The Kier molecular flexibility index (Phi) is 5.65. The van der Waals surface area contributed by atoms with E-state index in [1.165, 1.54) is 36.4 Å². The monoisotopic (exact) mass is 448 g/mol. The second-order valence-corrected chi connectivity index (χ2v) is 7.44. The molecule has 0 aliphatic carbocycles. The van der Waals surface area contributed by atoms with Crippen LogP contribution in [0.5, 0.6) is 0 Å². The Morgan fingerprint density at radius 3 is 2.72 bits per heavy atom. The Labute approximate surface area is 187 Å². The number of aromatic nitrogens is 4. The van der Waals surface area contributed by atoms with Gasteiger partial charge in [-0.25, -0.2) is 9.97 Å². The predicted octanol–water partition coefficient (Wildman–Crippen LogP) is 2.82. The maximum atomic E-state index is 13.4. The number of nitrogens with two attached hydrogens (primary N) is 1. The molecular formula is C22H17ClN6O3. The van der Waals surface area contributed by atoms with E-state index in [-0.39, 0.29) is 23.8 Å². The van der Waals surface area contributed by atoms with Crippen LogP contribution in [0.1, 0.15) is 22.8 Å². The molecule has 1 aromatic carbocycles. The largest absolute Gasteiger partial charge is 0.368 e. The molecule has 0 radical (unpaired) electrons. The molecule has 10 heteroatoms. The summed E-state index contributed by atoms with van der Waals surface area (Å²) in [5, 5.41) is 3.62. The van der Waals surface area contributed by atoms with Gasteiger partial charge in [0.25, 0.3) is 0 Å². The number of anilines is 1. The number of amides is 2.